The molecule has 0 radical (unpaired) electrons. The molecule has 1 aromatic heterocycles. The van der Waals surface area contributed by atoms with Gasteiger partial charge in [0, 0.05) is 12.7 Å². The second kappa shape index (κ2) is 5.46. The minimum absolute atomic E-state index is 0.238. The quantitative estimate of drug-likeness (QED) is 0.790. The van der Waals surface area contributed by atoms with Crippen LogP contribution in [0.3, 0.4) is 0 Å². The molecular weight excluding hydrogens is 388 g/mol. The van der Waals surface area contributed by atoms with E-state index < -0.39 is 0 Å². The van der Waals surface area contributed by atoms with Gasteiger partial charge in [0.05, 0.1) is 19.8 Å². The molecule has 0 aliphatic carbocycles. The Balaban J connectivity index is 2.24. The van der Waals surface area contributed by atoms with Gasteiger partial charge in [-0.05, 0) is 40.8 Å². The molecule has 1 amide bonds. The van der Waals surface area contributed by atoms with E-state index in [9.17, 15) is 4.79 Å². The number of nitrogens with zero attached hydrogens (tertiary/aromatic N) is 2. The molecule has 0 atom stereocenters. The highest BCUT2D eigenvalue weighted by Crippen LogP contribution is 2.25. The number of amides is 1. The van der Waals surface area contributed by atoms with Gasteiger partial charge in [0.2, 0.25) is 0 Å². The zero-order valence-electron chi connectivity index (χ0n) is 9.25. The average Bonchev–Trinajstić information content (AvgIpc) is 2.64. The molecule has 94 valence electrons. The molecule has 18 heavy (non-hydrogen) atoms. The van der Waals surface area contributed by atoms with Crippen LogP contribution in [0.4, 0.5) is 5.69 Å². The summed E-state index contributed by atoms with van der Waals surface area (Å²) in [5.41, 5.74) is 1.09. The summed E-state index contributed by atoms with van der Waals surface area (Å²) < 4.78 is 2.31. The molecule has 2 rings (SSSR count). The first-order chi connectivity index (χ1) is 8.49. The number of anilines is 1. The number of rotatable bonds is 2. The molecule has 4 nitrogen and oxygen atoms in total. The molecule has 0 saturated heterocycles. The summed E-state index contributed by atoms with van der Waals surface area (Å²) in [4.78, 5) is 12.1. The molecule has 0 fully saturated rings. The topological polar surface area (TPSA) is 46.9 Å². The molecule has 0 aliphatic heterocycles. The number of benzene rings is 1. The fraction of sp³-hybridized carbons (Fsp3) is 0.0909. The van der Waals surface area contributed by atoms with Crippen LogP contribution >= 0.6 is 45.8 Å². The van der Waals surface area contributed by atoms with E-state index in [2.05, 4.69) is 33.0 Å². The third kappa shape index (κ3) is 2.78. The second-order valence-corrected chi connectivity index (χ2v) is 5.52. The average molecular weight is 396 g/mol. The number of nitrogens with one attached hydrogen (secondary N) is 1. The minimum Gasteiger partial charge on any atom is -0.321 e. The van der Waals surface area contributed by atoms with Gasteiger partial charge >= 0.3 is 0 Å². The van der Waals surface area contributed by atoms with Crippen LogP contribution in [0, 0.1) is 3.57 Å². The van der Waals surface area contributed by atoms with Crippen molar-refractivity contribution >= 4 is 57.4 Å². The van der Waals surface area contributed by atoms with Gasteiger partial charge < -0.3 is 5.32 Å². The van der Waals surface area contributed by atoms with Gasteiger partial charge in [0.25, 0.3) is 5.91 Å². The van der Waals surface area contributed by atoms with Crippen molar-refractivity contribution in [2.75, 3.05) is 5.32 Å². The number of carbonyl (C=O) groups is 1. The molecule has 7 heteroatoms. The third-order valence-corrected chi connectivity index (χ3v) is 3.82. The van der Waals surface area contributed by atoms with Crippen LogP contribution in [0.1, 0.15) is 10.5 Å². The van der Waals surface area contributed by atoms with Gasteiger partial charge in [-0.1, -0.05) is 23.2 Å². The summed E-state index contributed by atoms with van der Waals surface area (Å²) >= 11 is 13.7. The Morgan fingerprint density at radius 1 is 1.39 bits per heavy atom. The number of hydrogen-bond acceptors (Lipinski definition) is 2. The van der Waals surface area contributed by atoms with Crippen molar-refractivity contribution in [3.05, 3.63) is 43.7 Å². The highest BCUT2D eigenvalue weighted by molar-refractivity contribution is 14.1. The Morgan fingerprint density at radius 2 is 2.11 bits per heavy atom. The summed E-state index contributed by atoms with van der Waals surface area (Å²) in [6.07, 6.45) is 1.63. The molecule has 0 bridgehead atoms. The summed E-state index contributed by atoms with van der Waals surface area (Å²) in [5, 5.41) is 7.60. The summed E-state index contributed by atoms with van der Waals surface area (Å²) in [6, 6.07) is 4.92. The monoisotopic (exact) mass is 395 g/mol. The fourth-order valence-electron chi connectivity index (χ4n) is 1.43. The molecule has 1 heterocycles. The summed E-state index contributed by atoms with van der Waals surface area (Å²) in [6.45, 7) is 0. The molecular formula is C11H8Cl2IN3O. The SMILES string of the molecule is Cn1ncc(I)c1C(=O)Nc1ccc(Cl)c(Cl)c1. The van der Waals surface area contributed by atoms with Crippen LogP contribution in [0.25, 0.3) is 0 Å². The zero-order valence-corrected chi connectivity index (χ0v) is 12.9. The highest BCUT2D eigenvalue weighted by Gasteiger charge is 2.15. The van der Waals surface area contributed by atoms with E-state index in [1.54, 1.807) is 31.4 Å². The third-order valence-electron chi connectivity index (χ3n) is 2.29. The first-order valence-electron chi connectivity index (χ1n) is 4.93. The lowest BCUT2D eigenvalue weighted by molar-refractivity contribution is 0.101. The van der Waals surface area contributed by atoms with Crippen LogP contribution < -0.4 is 5.32 Å². The smallest absolute Gasteiger partial charge is 0.275 e. The number of aromatic nitrogens is 2. The van der Waals surface area contributed by atoms with Crippen molar-refractivity contribution in [1.29, 1.82) is 0 Å². The maximum atomic E-state index is 12.1. The van der Waals surface area contributed by atoms with E-state index in [0.29, 0.717) is 21.4 Å². The molecule has 0 spiro atoms. The van der Waals surface area contributed by atoms with E-state index in [-0.39, 0.29) is 5.91 Å². The minimum atomic E-state index is -0.238. The van der Waals surface area contributed by atoms with Crippen molar-refractivity contribution in [3.8, 4) is 0 Å². The van der Waals surface area contributed by atoms with E-state index >= 15 is 0 Å². The molecule has 0 saturated carbocycles. The van der Waals surface area contributed by atoms with Crippen LogP contribution in [-0.2, 0) is 7.05 Å². The maximum absolute atomic E-state index is 12.1. The Bertz CT molecular complexity index is 593. The van der Waals surface area contributed by atoms with Crippen molar-refractivity contribution in [3.63, 3.8) is 0 Å². The predicted octanol–water partition coefficient (Wildman–Crippen LogP) is 3.58. The lowest BCUT2D eigenvalue weighted by atomic mass is 10.3. The predicted molar refractivity (Wildman–Crippen MR) is 80.3 cm³/mol. The molecule has 0 aliphatic rings. The number of hydrogen-bond donors (Lipinski definition) is 1. The second-order valence-electron chi connectivity index (χ2n) is 3.55. The Morgan fingerprint density at radius 3 is 2.67 bits per heavy atom. The van der Waals surface area contributed by atoms with Gasteiger partial charge in [0.15, 0.2) is 0 Å². The molecule has 1 aromatic carbocycles. The largest absolute Gasteiger partial charge is 0.321 e. The van der Waals surface area contributed by atoms with Gasteiger partial charge in [-0.2, -0.15) is 5.10 Å². The summed E-state index contributed by atoms with van der Waals surface area (Å²) in [7, 11) is 1.71. The molecule has 2 aromatic rings. The van der Waals surface area contributed by atoms with Gasteiger partial charge in [0.1, 0.15) is 5.69 Å². The molecule has 1 N–H and O–H groups in total. The van der Waals surface area contributed by atoms with Gasteiger partial charge in [-0.15, -0.1) is 0 Å². The Kier molecular flexibility index (Phi) is 4.14. The normalized spacial score (nSPS) is 10.4. The van der Waals surface area contributed by atoms with Crippen molar-refractivity contribution in [2.45, 2.75) is 0 Å². The fourth-order valence-corrected chi connectivity index (χ4v) is 2.45. The lowest BCUT2D eigenvalue weighted by Gasteiger charge is -2.07. The Hall–Kier alpha value is -0.790. The maximum Gasteiger partial charge on any atom is 0.275 e. The number of carbonyl (C=O) groups excluding carboxylic acids is 1. The van der Waals surface area contributed by atoms with Crippen LogP contribution in [0.5, 0.6) is 0 Å². The van der Waals surface area contributed by atoms with Gasteiger partial charge in [-0.3, -0.25) is 9.48 Å². The van der Waals surface area contributed by atoms with Crippen molar-refractivity contribution in [2.24, 2.45) is 7.05 Å². The van der Waals surface area contributed by atoms with Crippen LogP contribution in [0.15, 0.2) is 24.4 Å². The van der Waals surface area contributed by atoms with Crippen LogP contribution in [-0.4, -0.2) is 15.7 Å². The standard InChI is InChI=1S/C11H8Cl2IN3O/c1-17-10(9(14)5-15-17)11(18)16-6-2-3-7(12)8(13)4-6/h2-5H,1H3,(H,16,18). The van der Waals surface area contributed by atoms with Crippen LogP contribution in [0.2, 0.25) is 10.0 Å². The van der Waals surface area contributed by atoms with Crippen molar-refractivity contribution in [1.82, 2.24) is 9.78 Å². The zero-order chi connectivity index (χ0) is 13.3. The first-order valence-corrected chi connectivity index (χ1v) is 6.76. The highest BCUT2D eigenvalue weighted by atomic mass is 127. The number of aryl methyl sites for hydroxylation is 1. The van der Waals surface area contributed by atoms with E-state index in [0.717, 1.165) is 3.57 Å². The molecule has 0 unspecified atom stereocenters. The van der Waals surface area contributed by atoms with Gasteiger partial charge in [-0.25, -0.2) is 0 Å². The van der Waals surface area contributed by atoms with E-state index in [1.165, 1.54) is 4.68 Å². The van der Waals surface area contributed by atoms with Crippen molar-refractivity contribution < 1.29 is 4.79 Å². The lowest BCUT2D eigenvalue weighted by Crippen LogP contribution is -2.17. The Labute approximate surface area is 127 Å². The number of halogens is 3. The summed E-state index contributed by atoms with van der Waals surface area (Å²) in [5.74, 6) is -0.238. The van der Waals surface area contributed by atoms with E-state index in [1.807, 2.05) is 0 Å². The van der Waals surface area contributed by atoms with E-state index in [4.69, 9.17) is 23.2 Å². The first kappa shape index (κ1) is 13.6.